The number of rotatable bonds is 6. The van der Waals surface area contributed by atoms with Crippen LogP contribution < -0.4 is 4.74 Å². The smallest absolute Gasteiger partial charge is 0.309 e. The highest BCUT2D eigenvalue weighted by Gasteiger charge is 2.36. The molecular weight excluding hydrogens is 327 g/mol. The van der Waals surface area contributed by atoms with Crippen molar-refractivity contribution in [3.63, 3.8) is 0 Å². The molecule has 1 aromatic rings. The van der Waals surface area contributed by atoms with Crippen molar-refractivity contribution >= 4 is 17.5 Å². The van der Waals surface area contributed by atoms with Gasteiger partial charge >= 0.3 is 5.97 Å². The number of carbonyl (C=O) groups excluding carboxylic acids is 3. The van der Waals surface area contributed by atoms with Crippen molar-refractivity contribution in [1.82, 2.24) is 0 Å². The summed E-state index contributed by atoms with van der Waals surface area (Å²) in [5, 5.41) is 0. The summed E-state index contributed by atoms with van der Waals surface area (Å²) in [6, 6.07) is 6.31. The van der Waals surface area contributed by atoms with Gasteiger partial charge in [-0.1, -0.05) is 0 Å². The van der Waals surface area contributed by atoms with Crippen molar-refractivity contribution in [2.45, 2.75) is 38.7 Å². The SMILES string of the molecule is CCOC(=O)C1CC(=O)C(C(=O)c2ccc(OC3CC3)cc2)=C(F)C1. The number of ketones is 2. The molecule has 1 unspecified atom stereocenters. The van der Waals surface area contributed by atoms with E-state index in [1.54, 1.807) is 19.1 Å². The molecule has 1 aromatic carbocycles. The Morgan fingerprint density at radius 2 is 1.84 bits per heavy atom. The van der Waals surface area contributed by atoms with Crippen molar-refractivity contribution in [1.29, 1.82) is 0 Å². The number of hydrogen-bond donors (Lipinski definition) is 0. The number of hydrogen-bond acceptors (Lipinski definition) is 5. The highest BCUT2D eigenvalue weighted by atomic mass is 19.1. The number of esters is 1. The summed E-state index contributed by atoms with van der Waals surface area (Å²) in [6.07, 6.45) is 1.79. The number of Topliss-reactive ketones (excluding diaryl/α,β-unsaturated/α-hetero) is 2. The molecule has 6 heteroatoms. The number of benzene rings is 1. The average Bonchev–Trinajstić information content (AvgIpc) is 3.39. The molecule has 0 aliphatic heterocycles. The lowest BCUT2D eigenvalue weighted by Crippen LogP contribution is -2.29. The average molecular weight is 346 g/mol. The molecule has 0 aromatic heterocycles. The zero-order valence-electron chi connectivity index (χ0n) is 13.9. The standard InChI is InChI=1S/C19H19FO5/c1-2-24-19(23)12-9-15(20)17(16(21)10-12)18(22)11-3-5-13(6-4-11)25-14-7-8-14/h3-6,12,14H,2,7-10H2,1H3. The van der Waals surface area contributed by atoms with Gasteiger partial charge in [0.2, 0.25) is 0 Å². The lowest BCUT2D eigenvalue weighted by atomic mass is 9.84. The fourth-order valence-corrected chi connectivity index (χ4v) is 2.75. The van der Waals surface area contributed by atoms with Gasteiger partial charge in [-0.05, 0) is 44.0 Å². The van der Waals surface area contributed by atoms with Gasteiger partial charge in [-0.3, -0.25) is 14.4 Å². The molecule has 0 N–H and O–H groups in total. The van der Waals surface area contributed by atoms with Crippen LogP contribution in [-0.2, 0) is 14.3 Å². The maximum absolute atomic E-state index is 14.4. The third-order valence-electron chi connectivity index (χ3n) is 4.20. The summed E-state index contributed by atoms with van der Waals surface area (Å²) in [5.41, 5.74) is -0.243. The molecule has 0 heterocycles. The largest absolute Gasteiger partial charge is 0.490 e. The summed E-state index contributed by atoms with van der Waals surface area (Å²) in [5.74, 6) is -3.01. The van der Waals surface area contributed by atoms with Crippen LogP contribution >= 0.6 is 0 Å². The third kappa shape index (κ3) is 3.95. The molecule has 1 atom stereocenters. The lowest BCUT2D eigenvalue weighted by molar-refractivity contribution is -0.149. The Hall–Kier alpha value is -2.50. The van der Waals surface area contributed by atoms with Gasteiger partial charge in [0, 0.05) is 18.4 Å². The normalized spacial score (nSPS) is 20.4. The van der Waals surface area contributed by atoms with E-state index in [0.717, 1.165) is 12.8 Å². The molecule has 132 valence electrons. The van der Waals surface area contributed by atoms with Gasteiger partial charge in [0.1, 0.15) is 11.6 Å². The summed E-state index contributed by atoms with van der Waals surface area (Å²) in [6.45, 7) is 1.80. The van der Waals surface area contributed by atoms with Crippen molar-refractivity contribution in [3.8, 4) is 5.75 Å². The van der Waals surface area contributed by atoms with E-state index in [0.29, 0.717) is 5.75 Å². The van der Waals surface area contributed by atoms with Crippen LogP contribution in [0.4, 0.5) is 4.39 Å². The predicted molar refractivity (Wildman–Crippen MR) is 86.9 cm³/mol. The Morgan fingerprint density at radius 3 is 2.40 bits per heavy atom. The van der Waals surface area contributed by atoms with E-state index < -0.39 is 34.9 Å². The minimum Gasteiger partial charge on any atom is -0.490 e. The van der Waals surface area contributed by atoms with Crippen LogP contribution in [0, 0.1) is 5.92 Å². The highest BCUT2D eigenvalue weighted by molar-refractivity contribution is 6.27. The van der Waals surface area contributed by atoms with Crippen LogP contribution in [0.2, 0.25) is 0 Å². The van der Waals surface area contributed by atoms with Crippen LogP contribution in [0.3, 0.4) is 0 Å². The van der Waals surface area contributed by atoms with Gasteiger partial charge in [0.05, 0.1) is 24.2 Å². The number of allylic oxidation sites excluding steroid dienone is 2. The van der Waals surface area contributed by atoms with E-state index in [2.05, 4.69) is 0 Å². The molecule has 0 saturated heterocycles. The van der Waals surface area contributed by atoms with E-state index >= 15 is 0 Å². The lowest BCUT2D eigenvalue weighted by Gasteiger charge is -2.20. The third-order valence-corrected chi connectivity index (χ3v) is 4.20. The van der Waals surface area contributed by atoms with E-state index in [1.165, 1.54) is 12.1 Å². The number of carbonyl (C=O) groups is 3. The summed E-state index contributed by atoms with van der Waals surface area (Å²) >= 11 is 0. The maximum Gasteiger partial charge on any atom is 0.309 e. The highest BCUT2D eigenvalue weighted by Crippen LogP contribution is 2.32. The molecule has 3 rings (SSSR count). The Morgan fingerprint density at radius 1 is 1.16 bits per heavy atom. The molecule has 5 nitrogen and oxygen atoms in total. The fourth-order valence-electron chi connectivity index (χ4n) is 2.75. The van der Waals surface area contributed by atoms with Gasteiger partial charge in [-0.25, -0.2) is 4.39 Å². The second kappa shape index (κ2) is 7.17. The minimum absolute atomic E-state index is 0.163. The van der Waals surface area contributed by atoms with Crippen molar-refractivity contribution < 1.29 is 28.2 Å². The predicted octanol–water partition coefficient (Wildman–Crippen LogP) is 3.18. The van der Waals surface area contributed by atoms with Gasteiger partial charge in [-0.15, -0.1) is 0 Å². The van der Waals surface area contributed by atoms with Gasteiger partial charge in [0.25, 0.3) is 0 Å². The van der Waals surface area contributed by atoms with E-state index in [-0.39, 0.29) is 31.1 Å². The van der Waals surface area contributed by atoms with E-state index in [1.807, 2.05) is 0 Å². The molecule has 1 fully saturated rings. The quantitative estimate of drug-likeness (QED) is 0.449. The first-order chi connectivity index (χ1) is 12.0. The first-order valence-electron chi connectivity index (χ1n) is 8.39. The molecule has 0 bridgehead atoms. The first-order valence-corrected chi connectivity index (χ1v) is 8.39. The Balaban J connectivity index is 1.75. The second-order valence-corrected chi connectivity index (χ2v) is 6.23. The first kappa shape index (κ1) is 17.3. The van der Waals surface area contributed by atoms with Crippen molar-refractivity contribution in [3.05, 3.63) is 41.2 Å². The monoisotopic (exact) mass is 346 g/mol. The zero-order chi connectivity index (χ0) is 18.0. The summed E-state index contributed by atoms with van der Waals surface area (Å²) < 4.78 is 24.8. The molecule has 0 amide bonds. The van der Waals surface area contributed by atoms with Crippen LogP contribution in [-0.4, -0.2) is 30.2 Å². The molecule has 1 saturated carbocycles. The maximum atomic E-state index is 14.4. The van der Waals surface area contributed by atoms with Gasteiger partial charge in [-0.2, -0.15) is 0 Å². The van der Waals surface area contributed by atoms with Crippen LogP contribution in [0.5, 0.6) is 5.75 Å². The molecule has 25 heavy (non-hydrogen) atoms. The van der Waals surface area contributed by atoms with Crippen molar-refractivity contribution in [2.24, 2.45) is 5.92 Å². The van der Waals surface area contributed by atoms with Crippen LogP contribution in [0.15, 0.2) is 35.7 Å². The van der Waals surface area contributed by atoms with E-state index in [4.69, 9.17) is 9.47 Å². The second-order valence-electron chi connectivity index (χ2n) is 6.23. The molecular formula is C19H19FO5. The fraction of sp³-hybridized carbons (Fsp3) is 0.421. The summed E-state index contributed by atoms with van der Waals surface area (Å²) in [4.78, 5) is 36.4. The molecule has 0 radical (unpaired) electrons. The topological polar surface area (TPSA) is 69.7 Å². The van der Waals surface area contributed by atoms with Gasteiger partial charge in [0.15, 0.2) is 11.6 Å². The van der Waals surface area contributed by atoms with Crippen LogP contribution in [0.1, 0.15) is 43.0 Å². The van der Waals surface area contributed by atoms with E-state index in [9.17, 15) is 18.8 Å². The Labute approximate surface area is 144 Å². The number of ether oxygens (including phenoxy) is 2. The molecule has 2 aliphatic carbocycles. The Bertz CT molecular complexity index is 731. The molecule has 2 aliphatic rings. The van der Waals surface area contributed by atoms with Crippen LogP contribution in [0.25, 0.3) is 0 Å². The molecule has 0 spiro atoms. The zero-order valence-corrected chi connectivity index (χ0v) is 13.9. The van der Waals surface area contributed by atoms with Crippen molar-refractivity contribution in [2.75, 3.05) is 6.61 Å². The number of halogens is 1. The van der Waals surface area contributed by atoms with Gasteiger partial charge < -0.3 is 9.47 Å². The summed E-state index contributed by atoms with van der Waals surface area (Å²) in [7, 11) is 0. The Kier molecular flexibility index (Phi) is 4.97. The minimum atomic E-state index is -0.863.